The van der Waals surface area contributed by atoms with E-state index in [1.807, 2.05) is 18.2 Å². The van der Waals surface area contributed by atoms with E-state index in [0.717, 1.165) is 5.56 Å². The Balaban J connectivity index is 1.79. The van der Waals surface area contributed by atoms with Crippen LogP contribution in [0, 0.1) is 11.7 Å². The van der Waals surface area contributed by atoms with E-state index in [2.05, 4.69) is 4.99 Å². The van der Waals surface area contributed by atoms with E-state index in [1.165, 1.54) is 30.6 Å². The zero-order chi connectivity index (χ0) is 21.0. The van der Waals surface area contributed by atoms with Crippen LogP contribution in [0.2, 0.25) is 0 Å². The van der Waals surface area contributed by atoms with Crippen LogP contribution in [-0.2, 0) is 9.53 Å². The highest BCUT2D eigenvalue weighted by Crippen LogP contribution is 2.47. The molecule has 30 heavy (non-hydrogen) atoms. The number of fused-ring (bicyclic) bond motifs is 6. The first-order valence-electron chi connectivity index (χ1n) is 9.35. The minimum atomic E-state index is -1.20. The average Bonchev–Trinajstić information content (AvgIpc) is 3.02. The molecule has 1 aromatic heterocycles. The van der Waals surface area contributed by atoms with Crippen molar-refractivity contribution in [3.8, 4) is 5.75 Å². The number of methoxy groups -OCH3 is 1. The molecule has 0 saturated heterocycles. The third-order valence-electron chi connectivity index (χ3n) is 5.50. The van der Waals surface area contributed by atoms with Crippen molar-refractivity contribution in [3.63, 3.8) is 0 Å². The molecule has 0 saturated carbocycles. The van der Waals surface area contributed by atoms with Gasteiger partial charge in [0, 0.05) is 5.56 Å². The predicted octanol–water partition coefficient (Wildman–Crippen LogP) is 2.00. The van der Waals surface area contributed by atoms with Gasteiger partial charge in [-0.05, 0) is 36.8 Å². The van der Waals surface area contributed by atoms with Gasteiger partial charge in [0.05, 0.1) is 17.7 Å². The number of carbonyl (C=O) groups excluding carboxylic acids is 1. The van der Waals surface area contributed by atoms with Crippen LogP contribution < -0.4 is 19.6 Å². The van der Waals surface area contributed by atoms with Gasteiger partial charge in [-0.1, -0.05) is 41.7 Å². The van der Waals surface area contributed by atoms with Crippen molar-refractivity contribution in [2.45, 2.75) is 18.7 Å². The lowest BCUT2D eigenvalue weighted by Gasteiger charge is -2.44. The minimum absolute atomic E-state index is 0.263. The molecule has 6 nitrogen and oxygen atoms in total. The molecule has 0 amide bonds. The maximum Gasteiger partial charge on any atom is 0.317 e. The first-order chi connectivity index (χ1) is 14.4. The zero-order valence-corrected chi connectivity index (χ0v) is 17.0. The standard InChI is InChI=1S/C22H17FN2O4S/c1-22-17(20(27)28-2)18(14-5-3-4-6-15(14)29-22)25-19(26)16(30-21(25)24-22)11-12-7-9-13(23)10-8-12/h3-11,17-18H,1-2H3/b16-11+/t17-,18+,22-/m0/s1. The molecular formula is C22H17FN2O4S. The van der Waals surface area contributed by atoms with Crippen molar-refractivity contribution in [2.24, 2.45) is 10.9 Å². The largest absolute Gasteiger partial charge is 0.469 e. The second-order valence-corrected chi connectivity index (χ2v) is 8.38. The lowest BCUT2D eigenvalue weighted by molar-refractivity contribution is -0.158. The van der Waals surface area contributed by atoms with Crippen LogP contribution in [0.1, 0.15) is 24.1 Å². The highest BCUT2D eigenvalue weighted by molar-refractivity contribution is 7.07. The second-order valence-electron chi connectivity index (χ2n) is 7.37. The van der Waals surface area contributed by atoms with Gasteiger partial charge in [0.2, 0.25) is 5.72 Å². The summed E-state index contributed by atoms with van der Waals surface area (Å²) in [5.74, 6) is -1.06. The zero-order valence-electron chi connectivity index (χ0n) is 16.2. The number of carbonyl (C=O) groups is 1. The molecule has 0 radical (unpaired) electrons. The highest BCUT2D eigenvalue weighted by atomic mass is 32.1. The van der Waals surface area contributed by atoms with Gasteiger partial charge in [0.25, 0.3) is 5.56 Å². The van der Waals surface area contributed by atoms with E-state index in [0.29, 0.717) is 20.6 Å². The number of para-hydroxylation sites is 1. The van der Waals surface area contributed by atoms with E-state index < -0.39 is 23.7 Å². The molecule has 0 spiro atoms. The van der Waals surface area contributed by atoms with Crippen LogP contribution >= 0.6 is 11.3 Å². The van der Waals surface area contributed by atoms with Crippen LogP contribution in [0.25, 0.3) is 6.08 Å². The molecule has 2 aliphatic rings. The SMILES string of the molecule is COC(=O)[C@@H]1[C@H]2c3ccccc3O[C@]1(C)N=c1s/c(=C/c3ccc(F)cc3)c(=O)n12. The molecule has 2 bridgehead atoms. The normalized spacial score (nSPS) is 24.3. The van der Waals surface area contributed by atoms with Crippen molar-refractivity contribution in [3.05, 3.63) is 85.2 Å². The average molecular weight is 424 g/mol. The van der Waals surface area contributed by atoms with E-state index in [4.69, 9.17) is 9.47 Å². The van der Waals surface area contributed by atoms with Gasteiger partial charge in [-0.3, -0.25) is 14.2 Å². The first kappa shape index (κ1) is 18.7. The molecule has 0 fully saturated rings. The summed E-state index contributed by atoms with van der Waals surface area (Å²) in [5.41, 5.74) is -0.0326. The maximum absolute atomic E-state index is 13.4. The molecular weight excluding hydrogens is 407 g/mol. The summed E-state index contributed by atoms with van der Waals surface area (Å²) in [6, 6.07) is 12.6. The molecule has 3 aromatic rings. The van der Waals surface area contributed by atoms with E-state index in [9.17, 15) is 14.0 Å². The van der Waals surface area contributed by atoms with Gasteiger partial charge >= 0.3 is 5.97 Å². The number of hydrogen-bond donors (Lipinski definition) is 0. The predicted molar refractivity (Wildman–Crippen MR) is 108 cm³/mol. The Kier molecular flexibility index (Phi) is 4.14. The molecule has 3 heterocycles. The minimum Gasteiger partial charge on any atom is -0.469 e. The van der Waals surface area contributed by atoms with E-state index >= 15 is 0 Å². The fraction of sp³-hybridized carbons (Fsp3) is 0.227. The van der Waals surface area contributed by atoms with Gasteiger partial charge in [0.15, 0.2) is 4.80 Å². The van der Waals surface area contributed by atoms with Gasteiger partial charge in [-0.15, -0.1) is 0 Å². The third kappa shape index (κ3) is 2.71. The summed E-state index contributed by atoms with van der Waals surface area (Å²) < 4.78 is 26.4. The number of hydrogen-bond acceptors (Lipinski definition) is 6. The van der Waals surface area contributed by atoms with Gasteiger partial charge < -0.3 is 9.47 Å². The Hall–Kier alpha value is -3.26. The number of esters is 1. The molecule has 0 aliphatic carbocycles. The van der Waals surface area contributed by atoms with E-state index in [-0.39, 0.29) is 11.4 Å². The number of thiazole rings is 1. The van der Waals surface area contributed by atoms with Crippen LogP contribution in [0.5, 0.6) is 5.75 Å². The monoisotopic (exact) mass is 424 g/mol. The fourth-order valence-electron chi connectivity index (χ4n) is 4.14. The van der Waals surface area contributed by atoms with Gasteiger partial charge in [-0.2, -0.15) is 0 Å². The van der Waals surface area contributed by atoms with Crippen molar-refractivity contribution in [1.29, 1.82) is 0 Å². The Labute approximate surface area is 174 Å². The summed E-state index contributed by atoms with van der Waals surface area (Å²) in [6.07, 6.45) is 1.69. The Morgan fingerprint density at radius 2 is 2.00 bits per heavy atom. The molecule has 8 heteroatoms. The first-order valence-corrected chi connectivity index (χ1v) is 10.2. The van der Waals surface area contributed by atoms with Crippen molar-refractivity contribution in [2.75, 3.05) is 7.11 Å². The fourth-order valence-corrected chi connectivity index (χ4v) is 5.24. The van der Waals surface area contributed by atoms with E-state index in [1.54, 1.807) is 35.8 Å². The molecule has 0 unspecified atom stereocenters. The quantitative estimate of drug-likeness (QED) is 0.590. The van der Waals surface area contributed by atoms with Crippen molar-refractivity contribution in [1.82, 2.24) is 4.57 Å². The summed E-state index contributed by atoms with van der Waals surface area (Å²) >= 11 is 1.21. The third-order valence-corrected chi connectivity index (χ3v) is 6.49. The molecule has 152 valence electrons. The highest BCUT2D eigenvalue weighted by Gasteiger charge is 2.55. The summed E-state index contributed by atoms with van der Waals surface area (Å²) in [5, 5.41) is 0. The van der Waals surface area contributed by atoms with Gasteiger partial charge in [-0.25, -0.2) is 9.38 Å². The second kappa shape index (κ2) is 6.63. The lowest BCUT2D eigenvalue weighted by atomic mass is 9.81. The molecule has 0 N–H and O–H groups in total. The summed E-state index contributed by atoms with van der Waals surface area (Å²) in [6.45, 7) is 1.73. The number of ether oxygens (including phenoxy) is 2. The van der Waals surface area contributed by atoms with Crippen LogP contribution in [0.4, 0.5) is 4.39 Å². The van der Waals surface area contributed by atoms with Crippen LogP contribution in [0.15, 0.2) is 58.3 Å². The lowest BCUT2D eigenvalue weighted by Crippen LogP contribution is -2.58. The Morgan fingerprint density at radius 1 is 1.27 bits per heavy atom. The smallest absolute Gasteiger partial charge is 0.317 e. The number of nitrogens with zero attached hydrogens (tertiary/aromatic N) is 2. The van der Waals surface area contributed by atoms with Gasteiger partial charge in [0.1, 0.15) is 17.5 Å². The molecule has 2 aliphatic heterocycles. The molecule has 5 rings (SSSR count). The summed E-state index contributed by atoms with van der Waals surface area (Å²) in [4.78, 5) is 31.2. The molecule has 3 atom stereocenters. The topological polar surface area (TPSA) is 69.9 Å². The summed E-state index contributed by atoms with van der Waals surface area (Å²) in [7, 11) is 1.31. The Morgan fingerprint density at radius 3 is 2.73 bits per heavy atom. The molecule has 2 aromatic carbocycles. The van der Waals surface area contributed by atoms with Crippen LogP contribution in [0.3, 0.4) is 0 Å². The maximum atomic E-state index is 13.4. The number of benzene rings is 2. The number of halogens is 1. The Bertz CT molecular complexity index is 1340. The number of aromatic nitrogens is 1. The van der Waals surface area contributed by atoms with Crippen molar-refractivity contribution >= 4 is 23.4 Å². The van der Waals surface area contributed by atoms with Crippen LogP contribution in [-0.4, -0.2) is 23.4 Å². The van der Waals surface area contributed by atoms with Crippen molar-refractivity contribution < 1.29 is 18.7 Å². The number of rotatable bonds is 2.